The second-order valence-electron chi connectivity index (χ2n) is 4.91. The van der Waals surface area contributed by atoms with Gasteiger partial charge in [-0.15, -0.1) is 0 Å². The first-order chi connectivity index (χ1) is 8.50. The summed E-state index contributed by atoms with van der Waals surface area (Å²) in [5.41, 5.74) is 0. The zero-order chi connectivity index (χ0) is 14.0. The molecule has 2 rings (SSSR count). The lowest BCUT2D eigenvalue weighted by Gasteiger charge is -2.27. The molecule has 1 aliphatic carbocycles. The molecule has 0 amide bonds. The summed E-state index contributed by atoms with van der Waals surface area (Å²) in [4.78, 5) is 0.580. The zero-order valence-corrected chi connectivity index (χ0v) is 12.0. The Morgan fingerprint density at radius 1 is 0.833 bits per heavy atom. The second-order valence-corrected chi connectivity index (χ2v) is 4.91. The number of alkyl halides is 3. The van der Waals surface area contributed by atoms with Crippen molar-refractivity contribution in [2.45, 2.75) is 72.0 Å². The topological polar surface area (TPSA) is 3.24 Å². The Balaban J connectivity index is 0.000000308. The first-order valence-corrected chi connectivity index (χ1v) is 7.32. The molecule has 1 aliphatic heterocycles. The predicted octanol–water partition coefficient (Wildman–Crippen LogP) is 5.21. The van der Waals surface area contributed by atoms with Crippen LogP contribution in [0.4, 0.5) is 13.2 Å². The van der Waals surface area contributed by atoms with E-state index in [9.17, 15) is 13.2 Å². The highest BCUT2D eigenvalue weighted by Gasteiger charge is 2.37. The van der Waals surface area contributed by atoms with Gasteiger partial charge in [0.25, 0.3) is 0 Å². The van der Waals surface area contributed by atoms with Crippen LogP contribution in [-0.4, -0.2) is 24.3 Å². The average molecular weight is 267 g/mol. The van der Waals surface area contributed by atoms with Crippen LogP contribution in [0.15, 0.2) is 0 Å². The average Bonchev–Trinajstić information content (AvgIpc) is 2.84. The van der Waals surface area contributed by atoms with Gasteiger partial charge in [0.2, 0.25) is 0 Å². The minimum absolute atomic E-state index is 0.184. The summed E-state index contributed by atoms with van der Waals surface area (Å²) >= 11 is 0. The third kappa shape index (κ3) is 7.96. The molecule has 0 aromatic carbocycles. The van der Waals surface area contributed by atoms with Crippen molar-refractivity contribution in [3.05, 3.63) is 0 Å². The van der Waals surface area contributed by atoms with E-state index in [2.05, 4.69) is 6.92 Å². The Kier molecular flexibility index (Phi) is 9.52. The van der Waals surface area contributed by atoms with Gasteiger partial charge in [0.05, 0.1) is 0 Å². The standard InChI is InChI=1S/C6H10F3N.C6H12.C2H6/c7-6(8,9)10-4-2-1-3-5-10;1-6-4-2-3-5-6;1-2/h1-5H2;6H,2-5H2,1H3;1-2H3. The summed E-state index contributed by atoms with van der Waals surface area (Å²) in [6.07, 6.45) is 4.15. The number of nitrogens with zero attached hydrogens (tertiary/aromatic N) is 1. The van der Waals surface area contributed by atoms with Crippen LogP contribution in [0.5, 0.6) is 0 Å². The van der Waals surface area contributed by atoms with E-state index in [-0.39, 0.29) is 13.1 Å². The molecule has 2 fully saturated rings. The zero-order valence-electron chi connectivity index (χ0n) is 12.0. The molecule has 18 heavy (non-hydrogen) atoms. The summed E-state index contributed by atoms with van der Waals surface area (Å²) in [6, 6.07) is 0. The highest BCUT2D eigenvalue weighted by atomic mass is 19.4. The molecule has 1 heterocycles. The van der Waals surface area contributed by atoms with Crippen molar-refractivity contribution in [3.63, 3.8) is 0 Å². The van der Waals surface area contributed by atoms with Gasteiger partial charge in [-0.25, -0.2) is 4.90 Å². The smallest absolute Gasteiger partial charge is 0.214 e. The molecule has 0 aromatic rings. The van der Waals surface area contributed by atoms with Crippen molar-refractivity contribution in [2.24, 2.45) is 5.92 Å². The van der Waals surface area contributed by atoms with E-state index in [1.54, 1.807) is 0 Å². The molecule has 0 radical (unpaired) electrons. The van der Waals surface area contributed by atoms with Crippen molar-refractivity contribution in [1.82, 2.24) is 4.90 Å². The largest absolute Gasteiger partial charge is 0.459 e. The molecular weight excluding hydrogens is 239 g/mol. The monoisotopic (exact) mass is 267 g/mol. The third-order valence-electron chi connectivity index (χ3n) is 3.36. The highest BCUT2D eigenvalue weighted by Crippen LogP contribution is 2.24. The van der Waals surface area contributed by atoms with Crippen molar-refractivity contribution in [1.29, 1.82) is 0 Å². The van der Waals surface area contributed by atoms with E-state index in [0.717, 1.165) is 12.3 Å². The van der Waals surface area contributed by atoms with Gasteiger partial charge in [0, 0.05) is 13.1 Å². The van der Waals surface area contributed by atoms with Crippen LogP contribution in [-0.2, 0) is 0 Å². The number of halogens is 3. The Morgan fingerprint density at radius 2 is 1.28 bits per heavy atom. The van der Waals surface area contributed by atoms with E-state index in [1.807, 2.05) is 13.8 Å². The van der Waals surface area contributed by atoms with Gasteiger partial charge in [-0.1, -0.05) is 52.9 Å². The van der Waals surface area contributed by atoms with Crippen LogP contribution >= 0.6 is 0 Å². The lowest BCUT2D eigenvalue weighted by molar-refractivity contribution is -0.249. The molecule has 1 nitrogen and oxygen atoms in total. The fraction of sp³-hybridized carbons (Fsp3) is 1.00. The van der Waals surface area contributed by atoms with Gasteiger partial charge in [0.1, 0.15) is 0 Å². The second kappa shape index (κ2) is 9.65. The molecular formula is C14H28F3N. The fourth-order valence-corrected chi connectivity index (χ4v) is 2.28. The van der Waals surface area contributed by atoms with Crippen molar-refractivity contribution < 1.29 is 13.2 Å². The van der Waals surface area contributed by atoms with Crippen LogP contribution in [0, 0.1) is 5.92 Å². The Morgan fingerprint density at radius 3 is 1.50 bits per heavy atom. The van der Waals surface area contributed by atoms with Gasteiger partial charge >= 0.3 is 6.30 Å². The van der Waals surface area contributed by atoms with Gasteiger partial charge in [-0.3, -0.25) is 0 Å². The van der Waals surface area contributed by atoms with Gasteiger partial charge in [0.15, 0.2) is 0 Å². The molecule has 0 bridgehead atoms. The maximum absolute atomic E-state index is 11.9. The maximum atomic E-state index is 11.9. The van der Waals surface area contributed by atoms with Crippen LogP contribution < -0.4 is 0 Å². The number of rotatable bonds is 0. The van der Waals surface area contributed by atoms with Gasteiger partial charge < -0.3 is 0 Å². The van der Waals surface area contributed by atoms with Crippen molar-refractivity contribution >= 4 is 0 Å². The number of piperidine rings is 1. The normalized spacial score (nSPS) is 21.7. The number of hydrogen-bond acceptors (Lipinski definition) is 1. The molecule has 4 heteroatoms. The first kappa shape index (κ1) is 17.8. The van der Waals surface area contributed by atoms with E-state index in [4.69, 9.17) is 0 Å². The van der Waals surface area contributed by atoms with Gasteiger partial charge in [-0.05, 0) is 18.8 Å². The molecule has 0 unspecified atom stereocenters. The molecule has 110 valence electrons. The summed E-state index contributed by atoms with van der Waals surface area (Å²) in [6.45, 7) is 6.71. The lowest BCUT2D eigenvalue weighted by Crippen LogP contribution is -2.41. The van der Waals surface area contributed by atoms with E-state index < -0.39 is 6.30 Å². The number of hydrogen-bond donors (Lipinski definition) is 0. The Bertz CT molecular complexity index is 180. The summed E-state index contributed by atoms with van der Waals surface area (Å²) < 4.78 is 35.6. The van der Waals surface area contributed by atoms with Gasteiger partial charge in [-0.2, -0.15) is 13.2 Å². The summed E-state index contributed by atoms with van der Waals surface area (Å²) in [5, 5.41) is 0. The van der Waals surface area contributed by atoms with Crippen LogP contribution in [0.25, 0.3) is 0 Å². The highest BCUT2D eigenvalue weighted by molar-refractivity contribution is 4.65. The fourth-order valence-electron chi connectivity index (χ4n) is 2.28. The molecule has 0 atom stereocenters. The van der Waals surface area contributed by atoms with Crippen LogP contribution in [0.2, 0.25) is 0 Å². The molecule has 1 saturated heterocycles. The molecule has 0 N–H and O–H groups in total. The Labute approximate surface area is 110 Å². The minimum atomic E-state index is -4.10. The summed E-state index contributed by atoms with van der Waals surface area (Å²) in [5.74, 6) is 1.05. The van der Waals surface area contributed by atoms with Crippen molar-refractivity contribution in [2.75, 3.05) is 13.1 Å². The molecule has 0 spiro atoms. The Hall–Kier alpha value is -0.250. The lowest BCUT2D eigenvalue weighted by atomic mass is 10.1. The van der Waals surface area contributed by atoms with Crippen LogP contribution in [0.1, 0.15) is 65.7 Å². The molecule has 2 aliphatic rings. The van der Waals surface area contributed by atoms with E-state index in [1.165, 1.54) is 25.7 Å². The SMILES string of the molecule is CC.CC1CCCC1.FC(F)(F)N1CCCCC1. The van der Waals surface area contributed by atoms with Crippen LogP contribution in [0.3, 0.4) is 0 Å². The van der Waals surface area contributed by atoms with E-state index in [0.29, 0.717) is 17.7 Å². The van der Waals surface area contributed by atoms with E-state index >= 15 is 0 Å². The molecule has 0 aromatic heterocycles. The number of likely N-dealkylation sites (tertiary alicyclic amines) is 1. The first-order valence-electron chi connectivity index (χ1n) is 7.32. The molecule has 1 saturated carbocycles. The quantitative estimate of drug-likeness (QED) is 0.544. The summed E-state index contributed by atoms with van der Waals surface area (Å²) in [7, 11) is 0. The predicted molar refractivity (Wildman–Crippen MR) is 70.5 cm³/mol. The third-order valence-corrected chi connectivity index (χ3v) is 3.36. The maximum Gasteiger partial charge on any atom is 0.459 e. The van der Waals surface area contributed by atoms with Crippen molar-refractivity contribution in [3.8, 4) is 0 Å². The minimum Gasteiger partial charge on any atom is -0.214 e.